The van der Waals surface area contributed by atoms with Crippen molar-refractivity contribution in [2.75, 3.05) is 19.6 Å². The summed E-state index contributed by atoms with van der Waals surface area (Å²) in [6, 6.07) is 1.78. The molecule has 4 rings (SSSR count). The highest BCUT2D eigenvalue weighted by molar-refractivity contribution is 7.71. The third-order valence-corrected chi connectivity index (χ3v) is 5.95. The van der Waals surface area contributed by atoms with E-state index >= 15 is 0 Å². The fraction of sp³-hybridized carbons (Fsp3) is 0.526. The predicted octanol–water partition coefficient (Wildman–Crippen LogP) is 4.28. The van der Waals surface area contributed by atoms with Gasteiger partial charge < -0.3 is 14.5 Å². The van der Waals surface area contributed by atoms with Crippen LogP contribution in [0.25, 0.3) is 0 Å². The molecule has 1 saturated heterocycles. The second kappa shape index (κ2) is 7.39. The van der Waals surface area contributed by atoms with E-state index < -0.39 is 29.5 Å². The molecule has 2 aliphatic heterocycles. The number of fused-ring (bicyclic) bond motifs is 1. The molecule has 27 heavy (non-hydrogen) atoms. The van der Waals surface area contributed by atoms with Crippen LogP contribution >= 0.6 is 12.2 Å². The maximum absolute atomic E-state index is 14.2. The number of hydrogen-bond acceptors (Lipinski definition) is 2. The number of nitrogens with one attached hydrogen (secondary N) is 1. The van der Waals surface area contributed by atoms with Crippen LogP contribution in [0.3, 0.4) is 0 Å². The average molecular weight is 399 g/mol. The second-order valence-corrected chi connectivity index (χ2v) is 7.80. The van der Waals surface area contributed by atoms with Crippen LogP contribution in [-0.4, -0.2) is 40.3 Å². The van der Waals surface area contributed by atoms with Crippen molar-refractivity contribution in [1.29, 1.82) is 0 Å². The Morgan fingerprint density at radius 1 is 1.15 bits per heavy atom. The Balaban J connectivity index is 1.48. The first kappa shape index (κ1) is 18.7. The van der Waals surface area contributed by atoms with E-state index in [0.29, 0.717) is 30.7 Å². The molecule has 0 aliphatic carbocycles. The minimum Gasteiger partial charge on any atom is -0.334 e. The number of hydrogen-bond donors (Lipinski definition) is 1. The van der Waals surface area contributed by atoms with Crippen LogP contribution in [0.5, 0.6) is 0 Å². The van der Waals surface area contributed by atoms with E-state index in [0.717, 1.165) is 49.5 Å². The maximum atomic E-state index is 14.2. The van der Waals surface area contributed by atoms with Crippen LogP contribution in [0.15, 0.2) is 12.1 Å². The predicted molar refractivity (Wildman–Crippen MR) is 96.7 cm³/mol. The van der Waals surface area contributed by atoms with Crippen LogP contribution in [-0.2, 0) is 19.4 Å². The van der Waals surface area contributed by atoms with Gasteiger partial charge in [-0.15, -0.1) is 0 Å². The molecular weight excluding hydrogens is 378 g/mol. The number of rotatable bonds is 5. The van der Waals surface area contributed by atoms with Gasteiger partial charge in [0.1, 0.15) is 12.0 Å². The van der Waals surface area contributed by atoms with Crippen molar-refractivity contribution in [2.24, 2.45) is 0 Å². The van der Waals surface area contributed by atoms with Crippen molar-refractivity contribution in [3.8, 4) is 0 Å². The van der Waals surface area contributed by atoms with Gasteiger partial charge in [-0.2, -0.15) is 0 Å². The minimum atomic E-state index is -1.11. The summed E-state index contributed by atoms with van der Waals surface area (Å²) < 4.78 is 57.5. The number of halogens is 4. The van der Waals surface area contributed by atoms with Crippen molar-refractivity contribution in [1.82, 2.24) is 14.5 Å². The smallest absolute Gasteiger partial charge is 0.177 e. The summed E-state index contributed by atoms with van der Waals surface area (Å²) in [5.74, 6) is -3.35. The van der Waals surface area contributed by atoms with Crippen LogP contribution in [0, 0.1) is 22.2 Å². The first-order valence-corrected chi connectivity index (χ1v) is 9.65. The Kier molecular flexibility index (Phi) is 5.11. The molecular formula is C19H21F4N3S. The SMILES string of the molecule is Fc1ccc(F)c(C2Cc3c(CCCN4CC[C@@H](F)C4)[nH]c(=S)n3C2)c1F. The summed E-state index contributed by atoms with van der Waals surface area (Å²) in [4.78, 5) is 5.29. The van der Waals surface area contributed by atoms with Gasteiger partial charge in [0, 0.05) is 42.5 Å². The molecule has 0 radical (unpaired) electrons. The molecule has 1 aromatic carbocycles. The van der Waals surface area contributed by atoms with E-state index in [1.165, 1.54) is 0 Å². The standard InChI is InChI=1S/C19H21F4N3S/c20-12-5-7-25(10-12)6-1-2-15-16-8-11(9-26(16)19(27)24-15)17-13(21)3-4-14(22)18(17)23/h3-4,11-12H,1-2,5-10H2,(H,24,27)/t11?,12-/m1/s1. The van der Waals surface area contributed by atoms with Crippen LogP contribution in [0.1, 0.15) is 35.7 Å². The van der Waals surface area contributed by atoms with Crippen molar-refractivity contribution >= 4 is 12.2 Å². The van der Waals surface area contributed by atoms with Gasteiger partial charge in [0.25, 0.3) is 0 Å². The number of benzene rings is 1. The Morgan fingerprint density at radius 2 is 1.93 bits per heavy atom. The fourth-order valence-electron chi connectivity index (χ4n) is 4.28. The molecule has 2 atom stereocenters. The Labute approximate surface area is 160 Å². The highest BCUT2D eigenvalue weighted by Crippen LogP contribution is 2.35. The first-order valence-electron chi connectivity index (χ1n) is 9.24. The number of nitrogens with zero attached hydrogens (tertiary/aromatic N) is 2. The van der Waals surface area contributed by atoms with Crippen molar-refractivity contribution < 1.29 is 17.6 Å². The molecule has 1 aromatic heterocycles. The number of H-pyrrole nitrogens is 1. The van der Waals surface area contributed by atoms with Gasteiger partial charge in [-0.05, 0) is 56.6 Å². The zero-order valence-corrected chi connectivity index (χ0v) is 15.6. The third-order valence-electron chi connectivity index (χ3n) is 5.62. The van der Waals surface area contributed by atoms with E-state index in [2.05, 4.69) is 9.88 Å². The highest BCUT2D eigenvalue weighted by Gasteiger charge is 2.31. The molecule has 0 spiro atoms. The molecule has 0 amide bonds. The molecule has 3 nitrogen and oxygen atoms in total. The van der Waals surface area contributed by atoms with Crippen molar-refractivity contribution in [2.45, 2.75) is 44.3 Å². The molecule has 1 N–H and O–H groups in total. The molecule has 146 valence electrons. The minimum absolute atomic E-state index is 0.204. The van der Waals surface area contributed by atoms with Gasteiger partial charge in [-0.3, -0.25) is 0 Å². The lowest BCUT2D eigenvalue weighted by molar-refractivity contribution is 0.285. The van der Waals surface area contributed by atoms with Crippen molar-refractivity contribution in [3.05, 3.63) is 51.3 Å². The largest absolute Gasteiger partial charge is 0.334 e. The molecule has 1 unspecified atom stereocenters. The monoisotopic (exact) mass is 399 g/mol. The van der Waals surface area contributed by atoms with Gasteiger partial charge in [0.15, 0.2) is 16.4 Å². The van der Waals surface area contributed by atoms with Gasteiger partial charge in [-0.25, -0.2) is 17.6 Å². The number of aryl methyl sites for hydroxylation is 1. The summed E-state index contributed by atoms with van der Waals surface area (Å²) in [6.45, 7) is 2.41. The lowest BCUT2D eigenvalue weighted by atomic mass is 9.95. The van der Waals surface area contributed by atoms with Crippen LogP contribution < -0.4 is 0 Å². The number of likely N-dealkylation sites (tertiary alicyclic amines) is 1. The Bertz CT molecular complexity index is 907. The summed E-state index contributed by atoms with van der Waals surface area (Å²) in [6.07, 6.45) is 1.86. The molecule has 3 heterocycles. The molecule has 0 bridgehead atoms. The summed E-state index contributed by atoms with van der Waals surface area (Å²) in [7, 11) is 0. The van der Waals surface area contributed by atoms with Gasteiger partial charge in [0.2, 0.25) is 0 Å². The summed E-state index contributed by atoms with van der Waals surface area (Å²) >= 11 is 5.35. The highest BCUT2D eigenvalue weighted by atomic mass is 32.1. The zero-order valence-electron chi connectivity index (χ0n) is 14.8. The average Bonchev–Trinajstić information content (AvgIpc) is 3.30. The zero-order chi connectivity index (χ0) is 19.1. The molecule has 2 aromatic rings. The van der Waals surface area contributed by atoms with E-state index in [9.17, 15) is 17.6 Å². The first-order chi connectivity index (χ1) is 12.9. The van der Waals surface area contributed by atoms with Crippen molar-refractivity contribution in [3.63, 3.8) is 0 Å². The normalized spacial score (nSPS) is 22.5. The Hall–Kier alpha value is -1.67. The molecule has 1 fully saturated rings. The Morgan fingerprint density at radius 3 is 2.67 bits per heavy atom. The third kappa shape index (κ3) is 3.57. The quantitative estimate of drug-likeness (QED) is 0.461. The lowest BCUT2D eigenvalue weighted by Crippen LogP contribution is -2.22. The van der Waals surface area contributed by atoms with Gasteiger partial charge in [-0.1, -0.05) is 0 Å². The maximum Gasteiger partial charge on any atom is 0.177 e. The molecule has 2 aliphatic rings. The molecule has 0 saturated carbocycles. The molecule has 8 heteroatoms. The van der Waals surface area contributed by atoms with E-state index in [4.69, 9.17) is 12.2 Å². The summed E-state index contributed by atoms with van der Waals surface area (Å²) in [5.41, 5.74) is 1.68. The number of aromatic amines is 1. The van der Waals surface area contributed by atoms with E-state index in [1.807, 2.05) is 4.57 Å². The van der Waals surface area contributed by atoms with Gasteiger partial charge in [0.05, 0.1) is 0 Å². The van der Waals surface area contributed by atoms with E-state index in [-0.39, 0.29) is 5.56 Å². The lowest BCUT2D eigenvalue weighted by Gasteiger charge is -2.14. The fourth-order valence-corrected chi connectivity index (χ4v) is 4.59. The summed E-state index contributed by atoms with van der Waals surface area (Å²) in [5, 5.41) is 0. The number of aromatic nitrogens is 2. The topological polar surface area (TPSA) is 24.0 Å². The van der Waals surface area contributed by atoms with Crippen LogP contribution in [0.4, 0.5) is 17.6 Å². The van der Waals surface area contributed by atoms with Crippen LogP contribution in [0.2, 0.25) is 0 Å². The van der Waals surface area contributed by atoms with E-state index in [1.54, 1.807) is 0 Å². The van der Waals surface area contributed by atoms with Gasteiger partial charge >= 0.3 is 0 Å². The number of alkyl halides is 1. The number of imidazole rings is 1. The second-order valence-electron chi connectivity index (χ2n) is 7.41.